The third kappa shape index (κ3) is 2.35. The third-order valence-corrected chi connectivity index (χ3v) is 5.09. The maximum absolute atomic E-state index is 12.0. The SMILES string of the molecule is COC1CCCCC12CC(=O)NC2Cc1ccccc1. The molecule has 1 aliphatic carbocycles. The minimum absolute atomic E-state index is 0.0000746. The van der Waals surface area contributed by atoms with Gasteiger partial charge in [-0.1, -0.05) is 43.2 Å². The van der Waals surface area contributed by atoms with E-state index in [0.717, 1.165) is 19.3 Å². The fourth-order valence-electron chi connectivity index (χ4n) is 4.10. The normalized spacial score (nSPS) is 33.4. The van der Waals surface area contributed by atoms with Gasteiger partial charge in [0.25, 0.3) is 0 Å². The summed E-state index contributed by atoms with van der Waals surface area (Å²) in [6, 6.07) is 10.7. The van der Waals surface area contributed by atoms with Crippen LogP contribution in [0.1, 0.15) is 37.7 Å². The Balaban J connectivity index is 1.85. The fourth-order valence-corrected chi connectivity index (χ4v) is 4.10. The van der Waals surface area contributed by atoms with E-state index in [4.69, 9.17) is 4.74 Å². The first-order chi connectivity index (χ1) is 9.74. The highest BCUT2D eigenvalue weighted by Gasteiger charge is 2.52. The van der Waals surface area contributed by atoms with Gasteiger partial charge in [0.2, 0.25) is 5.91 Å². The number of hydrogen-bond donors (Lipinski definition) is 1. The molecule has 0 aromatic heterocycles. The first-order valence-corrected chi connectivity index (χ1v) is 7.61. The van der Waals surface area contributed by atoms with Crippen molar-refractivity contribution < 1.29 is 9.53 Å². The third-order valence-electron chi connectivity index (χ3n) is 5.09. The Kier molecular flexibility index (Phi) is 3.79. The number of amides is 1. The van der Waals surface area contributed by atoms with Crippen LogP contribution in [0.2, 0.25) is 0 Å². The lowest BCUT2D eigenvalue weighted by Gasteiger charge is -2.43. The zero-order valence-corrected chi connectivity index (χ0v) is 12.1. The monoisotopic (exact) mass is 273 g/mol. The predicted octanol–water partition coefficient (Wildman–Crippen LogP) is 2.69. The lowest BCUT2D eigenvalue weighted by Crippen LogP contribution is -2.49. The van der Waals surface area contributed by atoms with Crippen molar-refractivity contribution in [3.05, 3.63) is 35.9 Å². The van der Waals surface area contributed by atoms with Gasteiger partial charge in [0.05, 0.1) is 6.10 Å². The van der Waals surface area contributed by atoms with Crippen LogP contribution in [0.15, 0.2) is 30.3 Å². The van der Waals surface area contributed by atoms with Crippen molar-refractivity contribution in [3.63, 3.8) is 0 Å². The molecule has 1 amide bonds. The second-order valence-corrected chi connectivity index (χ2v) is 6.19. The molecule has 20 heavy (non-hydrogen) atoms. The number of ether oxygens (including phenoxy) is 1. The lowest BCUT2D eigenvalue weighted by atomic mass is 9.65. The van der Waals surface area contributed by atoms with E-state index in [1.807, 2.05) is 6.07 Å². The molecule has 3 atom stereocenters. The quantitative estimate of drug-likeness (QED) is 0.919. The van der Waals surface area contributed by atoms with Crippen LogP contribution in [-0.2, 0) is 16.0 Å². The molecular weight excluding hydrogens is 250 g/mol. The molecule has 1 N–H and O–H groups in total. The Morgan fingerprint density at radius 2 is 2.10 bits per heavy atom. The molecule has 1 spiro atoms. The number of methoxy groups -OCH3 is 1. The van der Waals surface area contributed by atoms with Crippen molar-refractivity contribution >= 4 is 5.91 Å². The average Bonchev–Trinajstić information content (AvgIpc) is 2.77. The van der Waals surface area contributed by atoms with Crippen molar-refractivity contribution in [2.75, 3.05) is 7.11 Å². The Bertz CT molecular complexity index is 473. The van der Waals surface area contributed by atoms with Gasteiger partial charge in [-0.15, -0.1) is 0 Å². The molecule has 0 radical (unpaired) electrons. The molecule has 0 bridgehead atoms. The van der Waals surface area contributed by atoms with Gasteiger partial charge in [0.1, 0.15) is 0 Å². The molecular formula is C17H23NO2. The van der Waals surface area contributed by atoms with Crippen LogP contribution in [0.4, 0.5) is 0 Å². The maximum atomic E-state index is 12.0. The maximum Gasteiger partial charge on any atom is 0.220 e. The van der Waals surface area contributed by atoms with E-state index in [1.165, 1.54) is 18.4 Å². The largest absolute Gasteiger partial charge is 0.381 e. The highest BCUT2D eigenvalue weighted by molar-refractivity contribution is 5.80. The number of benzene rings is 1. The van der Waals surface area contributed by atoms with Gasteiger partial charge < -0.3 is 10.1 Å². The summed E-state index contributed by atoms with van der Waals surface area (Å²) in [4.78, 5) is 12.0. The Morgan fingerprint density at radius 1 is 1.30 bits per heavy atom. The van der Waals surface area contributed by atoms with Crippen molar-refractivity contribution in [1.82, 2.24) is 5.32 Å². The van der Waals surface area contributed by atoms with Crippen molar-refractivity contribution in [3.8, 4) is 0 Å². The van der Waals surface area contributed by atoms with Crippen molar-refractivity contribution in [2.45, 2.75) is 50.7 Å². The summed E-state index contributed by atoms with van der Waals surface area (Å²) >= 11 is 0. The molecule has 2 fully saturated rings. The van der Waals surface area contributed by atoms with Crippen LogP contribution in [0.5, 0.6) is 0 Å². The topological polar surface area (TPSA) is 38.3 Å². The van der Waals surface area contributed by atoms with Gasteiger partial charge in [-0.2, -0.15) is 0 Å². The lowest BCUT2D eigenvalue weighted by molar-refractivity contribution is -0.121. The summed E-state index contributed by atoms with van der Waals surface area (Å²) in [6.45, 7) is 0. The molecule has 1 aromatic rings. The van der Waals surface area contributed by atoms with E-state index >= 15 is 0 Å². The van der Waals surface area contributed by atoms with Crippen LogP contribution in [0.25, 0.3) is 0 Å². The van der Waals surface area contributed by atoms with Gasteiger partial charge in [0.15, 0.2) is 0 Å². The smallest absolute Gasteiger partial charge is 0.220 e. The zero-order valence-electron chi connectivity index (χ0n) is 12.1. The molecule has 1 aromatic carbocycles. The van der Waals surface area contributed by atoms with Gasteiger partial charge >= 0.3 is 0 Å². The number of rotatable bonds is 3. The minimum atomic E-state index is -0.0000746. The molecule has 1 aliphatic heterocycles. The van der Waals surface area contributed by atoms with Crippen LogP contribution in [-0.4, -0.2) is 25.2 Å². The number of nitrogens with one attached hydrogen (secondary N) is 1. The van der Waals surface area contributed by atoms with Crippen LogP contribution in [0.3, 0.4) is 0 Å². The molecule has 3 nitrogen and oxygen atoms in total. The van der Waals surface area contributed by atoms with Gasteiger partial charge in [-0.05, 0) is 24.8 Å². The molecule has 3 rings (SSSR count). The van der Waals surface area contributed by atoms with E-state index in [1.54, 1.807) is 7.11 Å². The van der Waals surface area contributed by atoms with E-state index in [0.29, 0.717) is 6.42 Å². The summed E-state index contributed by atoms with van der Waals surface area (Å²) < 4.78 is 5.75. The Labute approximate surface area is 120 Å². The van der Waals surface area contributed by atoms with E-state index in [2.05, 4.69) is 29.6 Å². The van der Waals surface area contributed by atoms with Gasteiger partial charge in [-0.25, -0.2) is 0 Å². The van der Waals surface area contributed by atoms with E-state index < -0.39 is 0 Å². The first-order valence-electron chi connectivity index (χ1n) is 7.61. The van der Waals surface area contributed by atoms with Gasteiger partial charge in [-0.3, -0.25) is 4.79 Å². The molecule has 3 heteroatoms. The first kappa shape index (κ1) is 13.6. The number of hydrogen-bond acceptors (Lipinski definition) is 2. The average molecular weight is 273 g/mol. The van der Waals surface area contributed by atoms with Crippen LogP contribution in [0, 0.1) is 5.41 Å². The molecule has 3 unspecified atom stereocenters. The van der Waals surface area contributed by atoms with E-state index in [9.17, 15) is 4.79 Å². The summed E-state index contributed by atoms with van der Waals surface area (Å²) in [6.07, 6.45) is 6.35. The molecule has 1 saturated heterocycles. The summed E-state index contributed by atoms with van der Waals surface area (Å²) in [7, 11) is 1.79. The minimum Gasteiger partial charge on any atom is -0.381 e. The number of carbonyl (C=O) groups is 1. The number of carbonyl (C=O) groups excluding carboxylic acids is 1. The standard InChI is InChI=1S/C17H23NO2/c1-20-15-9-5-6-10-17(15)12-16(19)18-14(17)11-13-7-3-2-4-8-13/h2-4,7-8,14-15H,5-6,9-12H2,1H3,(H,18,19). The zero-order chi connectivity index (χ0) is 14.0. The molecule has 1 heterocycles. The summed E-state index contributed by atoms with van der Waals surface area (Å²) in [5.41, 5.74) is 1.29. The molecule has 108 valence electrons. The Morgan fingerprint density at radius 3 is 2.85 bits per heavy atom. The summed E-state index contributed by atoms with van der Waals surface area (Å²) in [5, 5.41) is 3.21. The predicted molar refractivity (Wildman–Crippen MR) is 78.4 cm³/mol. The highest BCUT2D eigenvalue weighted by Crippen LogP contribution is 2.47. The Hall–Kier alpha value is -1.35. The van der Waals surface area contributed by atoms with E-state index in [-0.39, 0.29) is 23.5 Å². The van der Waals surface area contributed by atoms with Crippen molar-refractivity contribution in [2.24, 2.45) is 5.41 Å². The highest BCUT2D eigenvalue weighted by atomic mass is 16.5. The molecule has 2 aliphatic rings. The molecule has 1 saturated carbocycles. The van der Waals surface area contributed by atoms with Crippen LogP contribution < -0.4 is 5.32 Å². The fraction of sp³-hybridized carbons (Fsp3) is 0.588. The second-order valence-electron chi connectivity index (χ2n) is 6.19. The second kappa shape index (κ2) is 5.57. The van der Waals surface area contributed by atoms with Gasteiger partial charge in [0, 0.05) is 25.0 Å². The summed E-state index contributed by atoms with van der Waals surface area (Å²) in [5.74, 6) is 0.190. The van der Waals surface area contributed by atoms with Crippen LogP contribution >= 0.6 is 0 Å². The van der Waals surface area contributed by atoms with Crippen molar-refractivity contribution in [1.29, 1.82) is 0 Å².